The molecule has 0 spiro atoms. The van der Waals surface area contributed by atoms with Crippen LogP contribution in [0.5, 0.6) is 0 Å². The van der Waals surface area contributed by atoms with Gasteiger partial charge in [0.15, 0.2) is 0 Å². The fourth-order valence-corrected chi connectivity index (χ4v) is 2.49. The summed E-state index contributed by atoms with van der Waals surface area (Å²) in [6, 6.07) is -0.877. The third-order valence-electron chi connectivity index (χ3n) is 2.57. The second kappa shape index (κ2) is 7.32. The molecule has 1 amide bonds. The lowest BCUT2D eigenvalue weighted by molar-refractivity contribution is -0.122. The number of hydrogen-bond donors (Lipinski definition) is 3. The Kier molecular flexibility index (Phi) is 6.03. The molecule has 0 saturated carbocycles. The molecule has 0 aliphatic rings. The normalized spacial score (nSPS) is 13.0. The van der Waals surface area contributed by atoms with E-state index in [1.165, 1.54) is 19.3 Å². The van der Waals surface area contributed by atoms with E-state index in [1.54, 1.807) is 7.05 Å². The molecule has 1 aromatic rings. The van der Waals surface area contributed by atoms with Gasteiger partial charge in [-0.2, -0.15) is 4.72 Å². The maximum atomic E-state index is 12.1. The van der Waals surface area contributed by atoms with Crippen molar-refractivity contribution in [2.24, 2.45) is 5.92 Å². The molecule has 1 rings (SSSR count). The van der Waals surface area contributed by atoms with Crippen molar-refractivity contribution in [3.05, 3.63) is 12.4 Å². The maximum absolute atomic E-state index is 12.1. The largest absolute Gasteiger partial charge is 0.357 e. The summed E-state index contributed by atoms with van der Waals surface area (Å²) in [5.74, 6) is 0.233. The summed E-state index contributed by atoms with van der Waals surface area (Å²) in [5.41, 5.74) is 0. The number of rotatable bonds is 7. The quantitative estimate of drug-likeness (QED) is 0.650. The van der Waals surface area contributed by atoms with Gasteiger partial charge in [0, 0.05) is 13.6 Å². The lowest BCUT2D eigenvalue weighted by atomic mass is 10.2. The average Bonchev–Trinajstić information content (AvgIpc) is 2.44. The molecule has 8 nitrogen and oxygen atoms in total. The Morgan fingerprint density at radius 3 is 2.29 bits per heavy atom. The average molecular weight is 315 g/mol. The highest BCUT2D eigenvalue weighted by atomic mass is 32.2. The summed E-state index contributed by atoms with van der Waals surface area (Å²) < 4.78 is 26.5. The van der Waals surface area contributed by atoms with Gasteiger partial charge in [-0.25, -0.2) is 18.4 Å². The van der Waals surface area contributed by atoms with Crippen molar-refractivity contribution in [2.75, 3.05) is 18.9 Å². The first-order chi connectivity index (χ1) is 9.76. The lowest BCUT2D eigenvalue weighted by Gasteiger charge is -2.15. The number of aromatic nitrogens is 2. The number of anilines is 1. The van der Waals surface area contributed by atoms with Crippen LogP contribution in [0.25, 0.3) is 0 Å². The second-order valence-corrected chi connectivity index (χ2v) is 6.69. The van der Waals surface area contributed by atoms with Gasteiger partial charge in [-0.05, 0) is 12.8 Å². The molecule has 0 aromatic carbocycles. The molecule has 1 atom stereocenters. The van der Waals surface area contributed by atoms with E-state index in [1.807, 2.05) is 13.8 Å². The van der Waals surface area contributed by atoms with Gasteiger partial charge in [0.2, 0.25) is 21.9 Å². The Morgan fingerprint density at radius 1 is 1.24 bits per heavy atom. The number of amides is 1. The standard InChI is InChI=1S/C12H21N5O3S/c1-8(2)5-14-11(18)9(3)17-21(19,20)10-6-15-12(13-4)16-7-10/h6-9,17H,5H2,1-4H3,(H,14,18)(H,13,15,16). The van der Waals surface area contributed by atoms with Crippen LogP contribution in [0.1, 0.15) is 20.8 Å². The van der Waals surface area contributed by atoms with Crippen molar-refractivity contribution in [2.45, 2.75) is 31.7 Å². The fourth-order valence-electron chi connectivity index (χ4n) is 1.40. The summed E-state index contributed by atoms with van der Waals surface area (Å²) in [6.07, 6.45) is 2.36. The number of sulfonamides is 1. The molecule has 118 valence electrons. The van der Waals surface area contributed by atoms with E-state index >= 15 is 0 Å². The first kappa shape index (κ1) is 17.3. The van der Waals surface area contributed by atoms with Crippen molar-refractivity contribution in [1.82, 2.24) is 20.0 Å². The van der Waals surface area contributed by atoms with Crippen LogP contribution in [-0.2, 0) is 14.8 Å². The molecule has 0 radical (unpaired) electrons. The summed E-state index contributed by atoms with van der Waals surface area (Å²) in [4.78, 5) is 19.4. The van der Waals surface area contributed by atoms with Crippen LogP contribution in [0.2, 0.25) is 0 Å². The number of nitrogens with zero attached hydrogens (tertiary/aromatic N) is 2. The Hall–Kier alpha value is -1.74. The third kappa shape index (κ3) is 5.27. The van der Waals surface area contributed by atoms with Gasteiger partial charge >= 0.3 is 0 Å². The van der Waals surface area contributed by atoms with Gasteiger partial charge in [-0.1, -0.05) is 13.8 Å². The molecule has 0 saturated heterocycles. The molecule has 9 heteroatoms. The first-order valence-electron chi connectivity index (χ1n) is 6.56. The van der Waals surface area contributed by atoms with Crippen LogP contribution < -0.4 is 15.4 Å². The zero-order valence-electron chi connectivity index (χ0n) is 12.5. The zero-order valence-corrected chi connectivity index (χ0v) is 13.4. The topological polar surface area (TPSA) is 113 Å². The predicted octanol–water partition coefficient (Wildman–Crippen LogP) is -0.0427. The van der Waals surface area contributed by atoms with Gasteiger partial charge in [0.05, 0.1) is 18.4 Å². The Bertz CT molecular complexity index is 571. The summed E-state index contributed by atoms with van der Waals surface area (Å²) in [5, 5.41) is 5.36. The van der Waals surface area contributed by atoms with Gasteiger partial charge in [-0.3, -0.25) is 4.79 Å². The SMILES string of the molecule is CNc1ncc(S(=O)(=O)NC(C)C(=O)NCC(C)C)cn1. The van der Waals surface area contributed by atoms with Gasteiger partial charge in [0.25, 0.3) is 0 Å². The Balaban J connectivity index is 2.72. The highest BCUT2D eigenvalue weighted by Crippen LogP contribution is 2.07. The lowest BCUT2D eigenvalue weighted by Crippen LogP contribution is -2.45. The van der Waals surface area contributed by atoms with Gasteiger partial charge < -0.3 is 10.6 Å². The van der Waals surface area contributed by atoms with E-state index in [4.69, 9.17) is 0 Å². The molecule has 0 aliphatic heterocycles. The van der Waals surface area contributed by atoms with E-state index < -0.39 is 16.1 Å². The van der Waals surface area contributed by atoms with Crippen molar-refractivity contribution in [3.63, 3.8) is 0 Å². The summed E-state index contributed by atoms with van der Waals surface area (Å²) >= 11 is 0. The Labute approximate surface area is 124 Å². The molecule has 1 aromatic heterocycles. The van der Waals surface area contributed by atoms with Crippen molar-refractivity contribution in [3.8, 4) is 0 Å². The molecule has 21 heavy (non-hydrogen) atoms. The summed E-state index contributed by atoms with van der Waals surface area (Å²) in [7, 11) is -2.20. The van der Waals surface area contributed by atoms with E-state index in [2.05, 4.69) is 25.3 Å². The molecule has 0 fully saturated rings. The fraction of sp³-hybridized carbons (Fsp3) is 0.583. The predicted molar refractivity (Wildman–Crippen MR) is 79.2 cm³/mol. The van der Waals surface area contributed by atoms with Crippen LogP contribution >= 0.6 is 0 Å². The molecular weight excluding hydrogens is 294 g/mol. The highest BCUT2D eigenvalue weighted by Gasteiger charge is 2.22. The number of hydrogen-bond acceptors (Lipinski definition) is 6. The minimum absolute atomic E-state index is 0.0926. The highest BCUT2D eigenvalue weighted by molar-refractivity contribution is 7.89. The molecule has 1 unspecified atom stereocenters. The van der Waals surface area contributed by atoms with E-state index in [9.17, 15) is 13.2 Å². The van der Waals surface area contributed by atoms with Crippen molar-refractivity contribution < 1.29 is 13.2 Å². The first-order valence-corrected chi connectivity index (χ1v) is 8.04. The van der Waals surface area contributed by atoms with Crippen LogP contribution in [0.3, 0.4) is 0 Å². The van der Waals surface area contributed by atoms with Crippen molar-refractivity contribution in [1.29, 1.82) is 0 Å². The number of nitrogens with one attached hydrogen (secondary N) is 3. The molecule has 0 aliphatic carbocycles. The Morgan fingerprint density at radius 2 is 1.81 bits per heavy atom. The molecule has 0 bridgehead atoms. The number of carbonyl (C=O) groups excluding carboxylic acids is 1. The zero-order chi connectivity index (χ0) is 16.0. The maximum Gasteiger partial charge on any atom is 0.244 e. The minimum Gasteiger partial charge on any atom is -0.357 e. The molecule has 1 heterocycles. The van der Waals surface area contributed by atoms with Crippen LogP contribution in [0.4, 0.5) is 5.95 Å². The summed E-state index contributed by atoms with van der Waals surface area (Å²) in [6.45, 7) is 5.88. The van der Waals surface area contributed by atoms with E-state index in [-0.39, 0.29) is 10.8 Å². The smallest absolute Gasteiger partial charge is 0.244 e. The van der Waals surface area contributed by atoms with E-state index in [0.717, 1.165) is 0 Å². The molecular formula is C12H21N5O3S. The van der Waals surface area contributed by atoms with Crippen LogP contribution in [0, 0.1) is 5.92 Å². The monoisotopic (exact) mass is 315 g/mol. The van der Waals surface area contributed by atoms with Gasteiger partial charge in [-0.15, -0.1) is 0 Å². The van der Waals surface area contributed by atoms with E-state index in [0.29, 0.717) is 18.4 Å². The molecule has 3 N–H and O–H groups in total. The third-order valence-corrected chi connectivity index (χ3v) is 4.07. The van der Waals surface area contributed by atoms with Crippen LogP contribution in [-0.4, -0.2) is 43.9 Å². The minimum atomic E-state index is -3.83. The van der Waals surface area contributed by atoms with Crippen molar-refractivity contribution >= 4 is 21.9 Å². The van der Waals surface area contributed by atoms with Gasteiger partial charge in [0.1, 0.15) is 4.90 Å². The second-order valence-electron chi connectivity index (χ2n) is 4.97. The number of carbonyl (C=O) groups is 1. The van der Waals surface area contributed by atoms with Crippen LogP contribution in [0.15, 0.2) is 17.3 Å².